The van der Waals surface area contributed by atoms with Crippen molar-refractivity contribution in [1.29, 1.82) is 0 Å². The van der Waals surface area contributed by atoms with Gasteiger partial charge in [-0.15, -0.1) is 0 Å². The van der Waals surface area contributed by atoms with Crippen LogP contribution >= 0.6 is 0 Å². The van der Waals surface area contributed by atoms with Crippen LogP contribution in [-0.2, 0) is 9.59 Å². The second-order valence-electron chi connectivity index (χ2n) is 9.00. The summed E-state index contributed by atoms with van der Waals surface area (Å²) in [7, 11) is 0. The summed E-state index contributed by atoms with van der Waals surface area (Å²) in [6.07, 6.45) is 0.841. The molecule has 5 nitrogen and oxygen atoms in total. The zero-order chi connectivity index (χ0) is 23.2. The van der Waals surface area contributed by atoms with Crippen molar-refractivity contribution in [3.05, 3.63) is 83.9 Å². The number of carbonyl (C=O) groups excluding carboxylic acids is 1. The van der Waals surface area contributed by atoms with Crippen LogP contribution in [0.15, 0.2) is 72.8 Å². The highest BCUT2D eigenvalue weighted by atomic mass is 16.4. The molecule has 0 bridgehead atoms. The van der Waals surface area contributed by atoms with Gasteiger partial charge in [-0.05, 0) is 47.1 Å². The highest BCUT2D eigenvalue weighted by Crippen LogP contribution is 2.34. The van der Waals surface area contributed by atoms with Gasteiger partial charge in [0.15, 0.2) is 0 Å². The van der Waals surface area contributed by atoms with E-state index >= 15 is 0 Å². The fourth-order valence-electron chi connectivity index (χ4n) is 5.04. The summed E-state index contributed by atoms with van der Waals surface area (Å²) in [5.74, 6) is -0.366. The predicted octanol–water partition coefficient (Wildman–Crippen LogP) is 4.99. The molecule has 3 aromatic carbocycles. The first-order valence-corrected chi connectivity index (χ1v) is 11.8. The van der Waals surface area contributed by atoms with E-state index in [2.05, 4.69) is 79.0 Å². The summed E-state index contributed by atoms with van der Waals surface area (Å²) >= 11 is 0. The normalized spacial score (nSPS) is 19.4. The third-order valence-corrected chi connectivity index (χ3v) is 6.84. The Balaban J connectivity index is 1.49. The number of hydrogen-bond acceptors (Lipinski definition) is 3. The highest BCUT2D eigenvalue weighted by Gasteiger charge is 2.32. The molecule has 0 aliphatic carbocycles. The van der Waals surface area contributed by atoms with Gasteiger partial charge < -0.3 is 15.3 Å². The zero-order valence-electron chi connectivity index (χ0n) is 19.1. The van der Waals surface area contributed by atoms with Crippen LogP contribution in [0.2, 0.25) is 0 Å². The van der Waals surface area contributed by atoms with Gasteiger partial charge in [-0.1, -0.05) is 72.8 Å². The van der Waals surface area contributed by atoms with Crippen LogP contribution in [0.5, 0.6) is 0 Å². The van der Waals surface area contributed by atoms with Crippen LogP contribution in [0.1, 0.15) is 49.3 Å². The van der Waals surface area contributed by atoms with E-state index in [9.17, 15) is 9.59 Å². The Bertz CT molecular complexity index is 1090. The number of nitrogens with one attached hydrogen (secondary N) is 1. The van der Waals surface area contributed by atoms with Gasteiger partial charge in [0.1, 0.15) is 0 Å². The minimum Gasteiger partial charge on any atom is -0.481 e. The Hall–Kier alpha value is -3.18. The molecule has 0 saturated carbocycles. The van der Waals surface area contributed by atoms with E-state index in [0.29, 0.717) is 19.0 Å². The molecular weight excluding hydrogens is 412 g/mol. The number of nitrogens with zero attached hydrogens (tertiary/aromatic N) is 1. The number of likely N-dealkylation sites (tertiary alicyclic amines) is 1. The number of fused-ring (bicyclic) bond motifs is 1. The molecule has 33 heavy (non-hydrogen) atoms. The van der Waals surface area contributed by atoms with E-state index in [0.717, 1.165) is 13.0 Å². The van der Waals surface area contributed by atoms with Crippen molar-refractivity contribution in [3.8, 4) is 0 Å². The highest BCUT2D eigenvalue weighted by molar-refractivity contribution is 5.86. The van der Waals surface area contributed by atoms with Crippen molar-refractivity contribution >= 4 is 22.6 Å². The first-order chi connectivity index (χ1) is 16.0. The number of carbonyl (C=O) groups is 2. The van der Waals surface area contributed by atoms with Crippen molar-refractivity contribution in [2.24, 2.45) is 5.92 Å². The minimum absolute atomic E-state index is 0.0592. The molecule has 3 aromatic rings. The van der Waals surface area contributed by atoms with E-state index in [1.807, 2.05) is 11.0 Å². The first kappa shape index (κ1) is 23.0. The number of piperidine rings is 1. The number of aliphatic carboxylic acids is 1. The standard InChI is InChI=1S/C28H32N2O3/c1-20(24-13-7-11-22-10-5-6-12-26(22)24)29-18-23-19-30(27(31)14-15-28(32)33)17-16-25(23)21-8-3-2-4-9-21/h2-13,20,23,25,29H,14-19H2,1H3,(H,32,33)/t20-,23?,25?/m1/s1. The number of hydrogen-bond donors (Lipinski definition) is 2. The monoisotopic (exact) mass is 444 g/mol. The van der Waals surface area contributed by atoms with Crippen molar-refractivity contribution in [1.82, 2.24) is 10.2 Å². The lowest BCUT2D eigenvalue weighted by atomic mass is 9.80. The second kappa shape index (κ2) is 10.6. The molecule has 1 fully saturated rings. The van der Waals surface area contributed by atoms with E-state index < -0.39 is 5.97 Å². The fourth-order valence-corrected chi connectivity index (χ4v) is 5.04. The maximum Gasteiger partial charge on any atom is 0.303 e. The molecule has 1 heterocycles. The topological polar surface area (TPSA) is 69.6 Å². The van der Waals surface area contributed by atoms with Gasteiger partial charge in [-0.25, -0.2) is 0 Å². The van der Waals surface area contributed by atoms with E-state index in [-0.39, 0.29) is 30.7 Å². The van der Waals surface area contributed by atoms with Crippen LogP contribution in [0.3, 0.4) is 0 Å². The lowest BCUT2D eigenvalue weighted by Gasteiger charge is -2.39. The Morgan fingerprint density at radius 3 is 2.52 bits per heavy atom. The molecule has 2 N–H and O–H groups in total. The molecule has 0 aromatic heterocycles. The maximum atomic E-state index is 12.6. The molecule has 1 amide bonds. The molecule has 4 rings (SSSR count). The minimum atomic E-state index is -0.926. The average Bonchev–Trinajstić information content (AvgIpc) is 2.85. The molecule has 1 saturated heterocycles. The number of carboxylic acid groups (broad SMARTS) is 1. The van der Waals surface area contributed by atoms with Crippen LogP contribution in [0.25, 0.3) is 10.8 Å². The summed E-state index contributed by atoms with van der Waals surface area (Å²) in [4.78, 5) is 25.4. The van der Waals surface area contributed by atoms with Gasteiger partial charge in [0.05, 0.1) is 6.42 Å². The van der Waals surface area contributed by atoms with Crippen LogP contribution in [0.4, 0.5) is 0 Å². The van der Waals surface area contributed by atoms with E-state index in [1.165, 1.54) is 21.9 Å². The molecule has 2 unspecified atom stereocenters. The van der Waals surface area contributed by atoms with Crippen molar-refractivity contribution < 1.29 is 14.7 Å². The maximum absolute atomic E-state index is 12.6. The first-order valence-electron chi connectivity index (χ1n) is 11.8. The molecule has 3 atom stereocenters. The van der Waals surface area contributed by atoms with E-state index in [1.54, 1.807) is 0 Å². The molecule has 0 radical (unpaired) electrons. The molecule has 5 heteroatoms. The number of rotatable bonds is 8. The Labute approximate surface area is 195 Å². The summed E-state index contributed by atoms with van der Waals surface area (Å²) in [5.41, 5.74) is 2.58. The molecule has 1 aliphatic rings. The summed E-state index contributed by atoms with van der Waals surface area (Å²) in [6, 6.07) is 25.6. The molecular formula is C28H32N2O3. The lowest BCUT2D eigenvalue weighted by molar-refractivity contribution is -0.141. The Kier molecular flexibility index (Phi) is 7.40. The van der Waals surface area contributed by atoms with Gasteiger partial charge in [-0.2, -0.15) is 0 Å². The Morgan fingerprint density at radius 1 is 1.00 bits per heavy atom. The SMILES string of the molecule is C[C@@H](NCC1CN(C(=O)CCC(=O)O)CCC1c1ccccc1)c1cccc2ccccc12. The number of carboxylic acids is 1. The van der Waals surface area contributed by atoms with Crippen LogP contribution in [0, 0.1) is 5.92 Å². The largest absolute Gasteiger partial charge is 0.481 e. The van der Waals surface area contributed by atoms with E-state index in [4.69, 9.17) is 5.11 Å². The quantitative estimate of drug-likeness (QED) is 0.514. The summed E-state index contributed by atoms with van der Waals surface area (Å²) in [5, 5.41) is 15.2. The smallest absolute Gasteiger partial charge is 0.303 e. The van der Waals surface area contributed by atoms with Gasteiger partial charge in [0.25, 0.3) is 0 Å². The third kappa shape index (κ3) is 5.60. The van der Waals surface area contributed by atoms with Gasteiger partial charge in [-0.3, -0.25) is 9.59 Å². The fraction of sp³-hybridized carbons (Fsp3) is 0.357. The number of benzene rings is 3. The third-order valence-electron chi connectivity index (χ3n) is 6.84. The lowest BCUT2D eigenvalue weighted by Crippen LogP contribution is -2.46. The number of amides is 1. The van der Waals surface area contributed by atoms with Crippen molar-refractivity contribution in [2.45, 2.75) is 38.1 Å². The molecule has 1 aliphatic heterocycles. The molecule has 0 spiro atoms. The average molecular weight is 445 g/mol. The Morgan fingerprint density at radius 2 is 1.73 bits per heavy atom. The zero-order valence-corrected chi connectivity index (χ0v) is 19.1. The molecule has 172 valence electrons. The predicted molar refractivity (Wildman–Crippen MR) is 131 cm³/mol. The van der Waals surface area contributed by atoms with Gasteiger partial charge >= 0.3 is 5.97 Å². The van der Waals surface area contributed by atoms with Gasteiger partial charge in [0.2, 0.25) is 5.91 Å². The van der Waals surface area contributed by atoms with Crippen LogP contribution < -0.4 is 5.32 Å². The summed E-state index contributed by atoms with van der Waals surface area (Å²) in [6.45, 7) is 4.30. The second-order valence-corrected chi connectivity index (χ2v) is 9.00. The van der Waals surface area contributed by atoms with Gasteiger partial charge in [0, 0.05) is 32.1 Å². The summed E-state index contributed by atoms with van der Waals surface area (Å²) < 4.78 is 0. The van der Waals surface area contributed by atoms with Crippen molar-refractivity contribution in [3.63, 3.8) is 0 Å². The van der Waals surface area contributed by atoms with Crippen molar-refractivity contribution in [2.75, 3.05) is 19.6 Å². The van der Waals surface area contributed by atoms with Crippen LogP contribution in [-0.4, -0.2) is 41.5 Å².